The molecule has 4 aliphatic carbocycles. The van der Waals surface area contributed by atoms with E-state index in [4.69, 9.17) is 0 Å². The highest BCUT2D eigenvalue weighted by Gasteiger charge is 2.54. The van der Waals surface area contributed by atoms with Crippen LogP contribution >= 0.6 is 0 Å². The van der Waals surface area contributed by atoms with E-state index in [1.165, 1.54) is 42.8 Å². The third kappa shape index (κ3) is 6.85. The number of anilines is 1. The summed E-state index contributed by atoms with van der Waals surface area (Å²) < 4.78 is 1.24. The molecule has 7 rings (SSSR count). The van der Waals surface area contributed by atoms with Crippen LogP contribution in [0.1, 0.15) is 74.5 Å². The maximum atomic E-state index is 13.5. The number of hydrogen-bond acceptors (Lipinski definition) is 8. The minimum absolute atomic E-state index is 0. The van der Waals surface area contributed by atoms with Gasteiger partial charge in [-0.2, -0.15) is 0 Å². The highest BCUT2D eigenvalue weighted by Crippen LogP contribution is 2.61. The third-order valence-corrected chi connectivity index (χ3v) is 10.6. The zero-order valence-corrected chi connectivity index (χ0v) is 27.2. The lowest BCUT2D eigenvalue weighted by Crippen LogP contribution is -2.59. The van der Waals surface area contributed by atoms with E-state index in [-0.39, 0.29) is 48.4 Å². The second kappa shape index (κ2) is 13.7. The van der Waals surface area contributed by atoms with Crippen molar-refractivity contribution in [3.63, 3.8) is 0 Å². The Bertz CT molecular complexity index is 1830. The van der Waals surface area contributed by atoms with E-state index in [2.05, 4.69) is 38.2 Å². The van der Waals surface area contributed by atoms with Crippen LogP contribution in [0.15, 0.2) is 53.7 Å². The minimum Gasteiger partial charge on any atom is -0.353 e. The number of aromatic nitrogens is 3. The SMILES string of the molecule is CCC12CC3CC(C1)C(NC(=O)Cn1cccc(NC(=O)[C@H](CCC(=O)C(=O)NC)NC(=O)c4ccc5cnccc5n4)c1=O)C(C3)C2.[HH].[HH].[HH].[HH]. The van der Waals surface area contributed by atoms with Crippen molar-refractivity contribution in [3.05, 3.63) is 65.0 Å². The van der Waals surface area contributed by atoms with Crippen LogP contribution in [0.3, 0.4) is 0 Å². The molecule has 3 heterocycles. The zero-order valence-electron chi connectivity index (χ0n) is 27.2. The summed E-state index contributed by atoms with van der Waals surface area (Å²) in [5, 5.41) is 11.3. The van der Waals surface area contributed by atoms with Gasteiger partial charge in [-0.1, -0.05) is 13.3 Å². The van der Waals surface area contributed by atoms with E-state index in [9.17, 15) is 28.8 Å². The number of fused-ring (bicyclic) bond motifs is 1. The smallest absolute Gasteiger partial charge is 0.287 e. The Morgan fingerprint density at radius 3 is 2.56 bits per heavy atom. The van der Waals surface area contributed by atoms with E-state index < -0.39 is 35.1 Å². The molecule has 260 valence electrons. The summed E-state index contributed by atoms with van der Waals surface area (Å²) in [5.41, 5.74) is 0.282. The standard InChI is InChI=1S/C35H41N7O6.4H2/c1-3-35-15-20-13-22(16-35)30(23(14-20)17-35)41-29(44)19-42-12-4-5-27(34(42)48)40-32(46)26(8-9-28(43)33(47)36-2)39-31(45)25-7-6-21-18-37-11-10-24(21)38-25;;;;/h4-7,10-12,18,20,22-23,26,30H,3,8-9,13-17,19H2,1-2H3,(H,36,47)(H,39,45)(H,40,46)(H,41,44);4*1H/t20?,22?,23?,26-,30?,35?;;;;/m0..../s1. The summed E-state index contributed by atoms with van der Waals surface area (Å²) in [7, 11) is 1.32. The zero-order chi connectivity index (χ0) is 34.0. The lowest BCUT2D eigenvalue weighted by molar-refractivity contribution is -0.137. The number of ketones is 1. The van der Waals surface area contributed by atoms with E-state index in [1.807, 2.05) is 0 Å². The van der Waals surface area contributed by atoms with Gasteiger partial charge in [0.25, 0.3) is 17.4 Å². The van der Waals surface area contributed by atoms with Crippen LogP contribution in [0.2, 0.25) is 0 Å². The maximum absolute atomic E-state index is 13.5. The average molecular weight is 664 g/mol. The van der Waals surface area contributed by atoms with Crippen molar-refractivity contribution < 1.29 is 29.7 Å². The van der Waals surface area contributed by atoms with E-state index in [1.54, 1.807) is 30.6 Å². The van der Waals surface area contributed by atoms with Gasteiger partial charge in [-0.3, -0.25) is 33.8 Å². The molecule has 48 heavy (non-hydrogen) atoms. The first-order valence-corrected chi connectivity index (χ1v) is 16.6. The number of rotatable bonds is 12. The third-order valence-electron chi connectivity index (χ3n) is 10.6. The Kier molecular flexibility index (Phi) is 9.38. The molecule has 3 aromatic heterocycles. The number of carbonyl (C=O) groups excluding carboxylic acids is 5. The van der Waals surface area contributed by atoms with Crippen molar-refractivity contribution in [3.8, 4) is 0 Å². The highest BCUT2D eigenvalue weighted by atomic mass is 16.2. The first-order valence-electron chi connectivity index (χ1n) is 16.6. The van der Waals surface area contributed by atoms with Crippen molar-refractivity contribution in [1.29, 1.82) is 0 Å². The molecule has 4 fully saturated rings. The van der Waals surface area contributed by atoms with Crippen LogP contribution in [0.25, 0.3) is 10.9 Å². The van der Waals surface area contributed by atoms with Gasteiger partial charge in [0.05, 0.1) is 5.52 Å². The van der Waals surface area contributed by atoms with E-state index >= 15 is 0 Å². The molecule has 4 N–H and O–H groups in total. The molecule has 0 aliphatic heterocycles. The summed E-state index contributed by atoms with van der Waals surface area (Å²) in [6, 6.07) is 6.57. The molecule has 13 nitrogen and oxygen atoms in total. The van der Waals surface area contributed by atoms with Crippen LogP contribution in [0, 0.1) is 23.2 Å². The summed E-state index contributed by atoms with van der Waals surface area (Å²) >= 11 is 0. The highest BCUT2D eigenvalue weighted by molar-refractivity contribution is 6.36. The normalized spacial score (nSPS) is 24.5. The molecule has 2 unspecified atom stereocenters. The summed E-state index contributed by atoms with van der Waals surface area (Å²) in [4.78, 5) is 85.7. The number of amides is 4. The summed E-state index contributed by atoms with van der Waals surface area (Å²) in [6.45, 7) is 2.07. The van der Waals surface area contributed by atoms with E-state index in [0.717, 1.165) is 37.0 Å². The Hall–Kier alpha value is -4.94. The molecule has 3 atom stereocenters. The van der Waals surface area contributed by atoms with Gasteiger partial charge in [0.15, 0.2) is 0 Å². The molecular weight excluding hydrogens is 614 g/mol. The lowest BCUT2D eigenvalue weighted by Gasteiger charge is -2.60. The molecule has 0 saturated heterocycles. The molecule has 0 spiro atoms. The second-order valence-corrected chi connectivity index (χ2v) is 13.6. The average Bonchev–Trinajstić information content (AvgIpc) is 3.08. The Balaban J connectivity index is 0.00000234. The predicted molar refractivity (Wildman–Crippen MR) is 185 cm³/mol. The molecule has 13 heteroatoms. The number of Topliss-reactive ketones (excluding diaryl/α,β-unsaturated/α-hetero) is 1. The molecule has 4 amide bonds. The maximum Gasteiger partial charge on any atom is 0.287 e. The van der Waals surface area contributed by atoms with Gasteiger partial charge < -0.3 is 25.8 Å². The Morgan fingerprint density at radius 2 is 1.83 bits per heavy atom. The van der Waals surface area contributed by atoms with Crippen LogP contribution in [0.4, 0.5) is 5.69 Å². The monoisotopic (exact) mass is 663 g/mol. The quantitative estimate of drug-likeness (QED) is 0.213. The molecular formula is C35H49N7O6. The fourth-order valence-electron chi connectivity index (χ4n) is 8.35. The number of nitrogens with zero attached hydrogens (tertiary/aromatic N) is 3. The van der Waals surface area contributed by atoms with Gasteiger partial charge in [0, 0.05) is 49.2 Å². The van der Waals surface area contributed by atoms with Crippen LogP contribution in [-0.4, -0.2) is 63.1 Å². The van der Waals surface area contributed by atoms with Gasteiger partial charge >= 0.3 is 0 Å². The number of hydrogen-bond donors (Lipinski definition) is 4. The van der Waals surface area contributed by atoms with Crippen LogP contribution in [0.5, 0.6) is 0 Å². The molecule has 0 aromatic carbocycles. The fourth-order valence-corrected chi connectivity index (χ4v) is 8.35. The molecule has 4 saturated carbocycles. The molecule has 4 aliphatic rings. The van der Waals surface area contributed by atoms with Crippen molar-refractivity contribution in [2.75, 3.05) is 12.4 Å². The molecule has 3 aromatic rings. The van der Waals surface area contributed by atoms with Gasteiger partial charge in [-0.15, -0.1) is 0 Å². The molecule has 0 radical (unpaired) electrons. The van der Waals surface area contributed by atoms with Crippen molar-refractivity contribution in [2.24, 2.45) is 23.2 Å². The Morgan fingerprint density at radius 1 is 1.06 bits per heavy atom. The van der Waals surface area contributed by atoms with Gasteiger partial charge in [-0.05, 0) is 92.0 Å². The van der Waals surface area contributed by atoms with Crippen molar-refractivity contribution >= 4 is 46.0 Å². The minimum atomic E-state index is -1.29. The van der Waals surface area contributed by atoms with Crippen LogP contribution < -0.4 is 26.8 Å². The number of nitrogens with one attached hydrogen (secondary N) is 4. The molecule has 4 bridgehead atoms. The summed E-state index contributed by atoms with van der Waals surface area (Å²) in [6.07, 6.45) is 11.1. The largest absolute Gasteiger partial charge is 0.353 e. The van der Waals surface area contributed by atoms with Crippen molar-refractivity contribution in [2.45, 2.75) is 76.9 Å². The number of pyridine rings is 3. The van der Waals surface area contributed by atoms with Gasteiger partial charge in [-0.25, -0.2) is 4.98 Å². The second-order valence-electron chi connectivity index (χ2n) is 13.6. The first kappa shape index (κ1) is 33.0. The van der Waals surface area contributed by atoms with E-state index in [0.29, 0.717) is 22.8 Å². The summed E-state index contributed by atoms with van der Waals surface area (Å²) in [5.74, 6) is -1.62. The predicted octanol–water partition coefficient (Wildman–Crippen LogP) is 3.33. The Labute approximate surface area is 283 Å². The van der Waals surface area contributed by atoms with Gasteiger partial charge in [0.2, 0.25) is 17.6 Å². The first-order chi connectivity index (χ1) is 23.1. The number of carbonyl (C=O) groups is 5. The van der Waals surface area contributed by atoms with Crippen molar-refractivity contribution in [1.82, 2.24) is 30.5 Å². The topological polar surface area (TPSA) is 181 Å². The number of likely N-dealkylation sites (N-methyl/N-ethyl adjacent to an activating group) is 1. The van der Waals surface area contributed by atoms with Gasteiger partial charge in [0.1, 0.15) is 24.0 Å². The lowest BCUT2D eigenvalue weighted by atomic mass is 9.47. The fraction of sp³-hybridized carbons (Fsp3) is 0.486. The van der Waals surface area contributed by atoms with Crippen LogP contribution in [-0.2, 0) is 25.7 Å².